The van der Waals surface area contributed by atoms with E-state index < -0.39 is 42.4 Å². The molecule has 0 unspecified atom stereocenters. The average molecular weight is 444 g/mol. The molecule has 0 aromatic heterocycles. The zero-order valence-electron chi connectivity index (χ0n) is 19.7. The average Bonchev–Trinajstić information content (AvgIpc) is 3.44. The van der Waals surface area contributed by atoms with Crippen molar-refractivity contribution >= 4 is 17.9 Å². The van der Waals surface area contributed by atoms with Crippen LogP contribution in [0.2, 0.25) is 0 Å². The summed E-state index contributed by atoms with van der Waals surface area (Å²) in [4.78, 5) is 37.1. The van der Waals surface area contributed by atoms with E-state index in [4.69, 9.17) is 4.74 Å². The molecule has 1 fully saturated rings. The quantitative estimate of drug-likeness (QED) is 0.289. The molecule has 0 aliphatic heterocycles. The molecule has 0 spiro atoms. The van der Waals surface area contributed by atoms with Crippen molar-refractivity contribution in [1.29, 1.82) is 0 Å². The predicted octanol–water partition coefficient (Wildman–Crippen LogP) is 1.32. The van der Waals surface area contributed by atoms with Crippen LogP contribution >= 0.6 is 0 Å². The van der Waals surface area contributed by atoms with Crippen molar-refractivity contribution in [3.63, 3.8) is 0 Å². The first kappa shape index (κ1) is 27.2. The van der Waals surface area contributed by atoms with Crippen molar-refractivity contribution < 1.29 is 29.3 Å². The number of aliphatic hydroxyl groups excluding tert-OH is 2. The number of alkyl carbamates (subject to hydrolysis) is 1. The van der Waals surface area contributed by atoms with Crippen LogP contribution in [0.25, 0.3) is 0 Å². The Kier molecular flexibility index (Phi) is 10.7. The number of nitrogens with one attached hydrogen (secondary N) is 3. The number of rotatable bonds is 12. The largest absolute Gasteiger partial charge is 0.444 e. The van der Waals surface area contributed by atoms with Gasteiger partial charge in [-0.1, -0.05) is 27.2 Å². The molecule has 0 heterocycles. The van der Waals surface area contributed by atoms with Crippen molar-refractivity contribution in [2.45, 2.75) is 91.0 Å². The molecule has 1 rings (SSSR count). The van der Waals surface area contributed by atoms with Gasteiger partial charge in [0.25, 0.3) is 0 Å². The van der Waals surface area contributed by atoms with E-state index in [9.17, 15) is 24.6 Å². The van der Waals surface area contributed by atoms with Gasteiger partial charge in [-0.2, -0.15) is 0 Å². The fraction of sp³-hybridized carbons (Fsp3) is 0.864. The second-order valence-corrected chi connectivity index (χ2v) is 9.77. The van der Waals surface area contributed by atoms with Crippen LogP contribution in [0.3, 0.4) is 0 Å². The minimum Gasteiger partial charge on any atom is -0.444 e. The molecule has 3 amide bonds. The van der Waals surface area contributed by atoms with Crippen molar-refractivity contribution in [2.75, 3.05) is 13.2 Å². The van der Waals surface area contributed by atoms with Crippen molar-refractivity contribution in [3.05, 3.63) is 0 Å². The van der Waals surface area contributed by atoms with Crippen LogP contribution < -0.4 is 16.0 Å². The normalized spacial score (nSPS) is 21.1. The summed E-state index contributed by atoms with van der Waals surface area (Å²) in [6.07, 6.45) is 0.980. The third-order valence-electron chi connectivity index (χ3n) is 5.10. The summed E-state index contributed by atoms with van der Waals surface area (Å²) < 4.78 is 5.23. The van der Waals surface area contributed by atoms with E-state index in [-0.39, 0.29) is 23.7 Å². The second kappa shape index (κ2) is 12.2. The zero-order valence-corrected chi connectivity index (χ0v) is 19.7. The first-order valence-corrected chi connectivity index (χ1v) is 11.3. The van der Waals surface area contributed by atoms with Crippen LogP contribution in [0.15, 0.2) is 0 Å². The lowest BCUT2D eigenvalue weighted by Gasteiger charge is -2.27. The van der Waals surface area contributed by atoms with Gasteiger partial charge < -0.3 is 30.9 Å². The molecule has 0 aromatic carbocycles. The summed E-state index contributed by atoms with van der Waals surface area (Å²) >= 11 is 0. The Morgan fingerprint density at radius 3 is 2.32 bits per heavy atom. The number of hydrogen-bond acceptors (Lipinski definition) is 6. The van der Waals surface area contributed by atoms with E-state index in [0.29, 0.717) is 19.4 Å². The van der Waals surface area contributed by atoms with Crippen LogP contribution in [-0.4, -0.2) is 65.1 Å². The molecule has 0 bridgehead atoms. The number of aliphatic hydroxyl groups is 2. The smallest absolute Gasteiger partial charge is 0.408 e. The van der Waals surface area contributed by atoms with E-state index in [0.717, 1.165) is 12.8 Å². The highest BCUT2D eigenvalue weighted by atomic mass is 16.6. The fourth-order valence-electron chi connectivity index (χ4n) is 3.39. The lowest BCUT2D eigenvalue weighted by atomic mass is 10.0. The van der Waals surface area contributed by atoms with Gasteiger partial charge in [0, 0.05) is 12.5 Å². The standard InChI is InChI=1S/C22H41N3O6/c1-7-8-9-23-19(28)15-11-14(15)18(27)17(12-26)24-20(29)16(10-13(2)3)25-21(30)31-22(4,5)6/h13-18,26-27H,7-12H2,1-6H3,(H,23,28)(H,24,29)(H,25,30)/t14-,15+,16+,17+,18-/m1/s1. The summed E-state index contributed by atoms with van der Waals surface area (Å²) in [6, 6.07) is -1.80. The van der Waals surface area contributed by atoms with Gasteiger partial charge in [0.15, 0.2) is 0 Å². The zero-order chi connectivity index (χ0) is 23.8. The number of ether oxygens (including phenoxy) is 1. The first-order valence-electron chi connectivity index (χ1n) is 11.3. The Hall–Kier alpha value is -1.87. The highest BCUT2D eigenvalue weighted by Crippen LogP contribution is 2.42. The number of unbranched alkanes of at least 4 members (excludes halogenated alkanes) is 1. The Morgan fingerprint density at radius 1 is 1.16 bits per heavy atom. The molecule has 31 heavy (non-hydrogen) atoms. The molecule has 0 saturated heterocycles. The predicted molar refractivity (Wildman–Crippen MR) is 117 cm³/mol. The minimum absolute atomic E-state index is 0.107. The van der Waals surface area contributed by atoms with Crippen molar-refractivity contribution in [2.24, 2.45) is 17.8 Å². The fourth-order valence-corrected chi connectivity index (χ4v) is 3.39. The van der Waals surface area contributed by atoms with Gasteiger partial charge in [0.1, 0.15) is 11.6 Å². The van der Waals surface area contributed by atoms with E-state index in [1.54, 1.807) is 20.8 Å². The maximum absolute atomic E-state index is 12.8. The lowest BCUT2D eigenvalue weighted by Crippen LogP contribution is -2.55. The topological polar surface area (TPSA) is 137 Å². The minimum atomic E-state index is -1.06. The Bertz CT molecular complexity index is 605. The molecule has 1 saturated carbocycles. The molecule has 1 aliphatic rings. The molecule has 5 N–H and O–H groups in total. The Morgan fingerprint density at radius 2 is 1.81 bits per heavy atom. The molecule has 0 aromatic rings. The Labute approximate surface area is 185 Å². The highest BCUT2D eigenvalue weighted by molar-refractivity contribution is 5.86. The van der Waals surface area contributed by atoms with Gasteiger partial charge in [0.05, 0.1) is 18.8 Å². The van der Waals surface area contributed by atoms with Gasteiger partial charge >= 0.3 is 6.09 Å². The highest BCUT2D eigenvalue weighted by Gasteiger charge is 2.49. The molecule has 1 aliphatic carbocycles. The van der Waals surface area contributed by atoms with Gasteiger partial charge in [-0.25, -0.2) is 4.79 Å². The van der Waals surface area contributed by atoms with Gasteiger partial charge in [0.2, 0.25) is 11.8 Å². The third kappa shape index (κ3) is 9.86. The van der Waals surface area contributed by atoms with Crippen molar-refractivity contribution in [1.82, 2.24) is 16.0 Å². The number of carbonyl (C=O) groups is 3. The second-order valence-electron chi connectivity index (χ2n) is 9.77. The summed E-state index contributed by atoms with van der Waals surface area (Å²) in [6.45, 7) is 11.2. The maximum Gasteiger partial charge on any atom is 0.408 e. The van der Waals surface area contributed by atoms with E-state index in [1.165, 1.54) is 0 Å². The molecule has 180 valence electrons. The van der Waals surface area contributed by atoms with Crippen LogP contribution in [0, 0.1) is 17.8 Å². The molecule has 9 nitrogen and oxygen atoms in total. The molecule has 0 radical (unpaired) electrons. The summed E-state index contributed by atoms with van der Waals surface area (Å²) in [7, 11) is 0. The van der Waals surface area contributed by atoms with Gasteiger partial charge in [-0.15, -0.1) is 0 Å². The van der Waals surface area contributed by atoms with Crippen LogP contribution in [0.4, 0.5) is 4.79 Å². The van der Waals surface area contributed by atoms with Crippen LogP contribution in [-0.2, 0) is 14.3 Å². The third-order valence-corrected chi connectivity index (χ3v) is 5.10. The monoisotopic (exact) mass is 443 g/mol. The van der Waals surface area contributed by atoms with Crippen LogP contribution in [0.1, 0.15) is 67.2 Å². The number of carbonyl (C=O) groups excluding carboxylic acids is 3. The number of amides is 3. The lowest BCUT2D eigenvalue weighted by molar-refractivity contribution is -0.126. The van der Waals surface area contributed by atoms with E-state index >= 15 is 0 Å². The first-order chi connectivity index (χ1) is 14.4. The summed E-state index contributed by atoms with van der Waals surface area (Å²) in [5.41, 5.74) is -0.703. The summed E-state index contributed by atoms with van der Waals surface area (Å²) in [5.74, 6) is -1.14. The van der Waals surface area contributed by atoms with Crippen LogP contribution in [0.5, 0.6) is 0 Å². The molecule has 9 heteroatoms. The molecular formula is C22H41N3O6. The maximum atomic E-state index is 12.8. The van der Waals surface area contributed by atoms with E-state index in [1.807, 2.05) is 20.8 Å². The van der Waals surface area contributed by atoms with E-state index in [2.05, 4.69) is 16.0 Å². The van der Waals surface area contributed by atoms with Gasteiger partial charge in [-0.3, -0.25) is 9.59 Å². The molecule has 5 atom stereocenters. The Balaban J connectivity index is 2.68. The van der Waals surface area contributed by atoms with Crippen molar-refractivity contribution in [3.8, 4) is 0 Å². The van der Waals surface area contributed by atoms with Gasteiger partial charge in [-0.05, 0) is 51.9 Å². The SMILES string of the molecule is CCCCNC(=O)[C@H]1C[C@H]1[C@@H](O)[C@H](CO)NC(=O)[C@H](CC(C)C)NC(=O)OC(C)(C)C. The number of hydrogen-bond donors (Lipinski definition) is 5. The molecular weight excluding hydrogens is 402 g/mol. The summed E-state index contributed by atoms with van der Waals surface area (Å²) in [5, 5.41) is 28.4.